The molecule has 1 aromatic carbocycles. The van der Waals surface area contributed by atoms with Gasteiger partial charge >= 0.3 is 0 Å². The molecule has 14 heavy (non-hydrogen) atoms. The largest absolute Gasteiger partial charge is 0.487 e. The molecule has 0 bridgehead atoms. The SMILES string of the molecule is CNC1=C(C)c2cc(F)ccc2OC1. The van der Waals surface area contributed by atoms with Crippen molar-refractivity contribution in [3.8, 4) is 5.75 Å². The van der Waals surface area contributed by atoms with Crippen molar-refractivity contribution in [1.82, 2.24) is 5.32 Å². The monoisotopic (exact) mass is 193 g/mol. The number of likely N-dealkylation sites (N-methyl/N-ethyl adjacent to an activating group) is 1. The molecule has 0 aromatic heterocycles. The lowest BCUT2D eigenvalue weighted by Gasteiger charge is -2.21. The Labute approximate surface area is 82.4 Å². The predicted octanol–water partition coefficient (Wildman–Crippen LogP) is 2.17. The van der Waals surface area contributed by atoms with Gasteiger partial charge in [0.15, 0.2) is 0 Å². The Bertz CT molecular complexity index is 398. The zero-order chi connectivity index (χ0) is 10.1. The Balaban J connectivity index is 2.55. The lowest BCUT2D eigenvalue weighted by atomic mass is 10.0. The van der Waals surface area contributed by atoms with E-state index in [1.54, 1.807) is 6.07 Å². The van der Waals surface area contributed by atoms with Crippen LogP contribution < -0.4 is 10.1 Å². The topological polar surface area (TPSA) is 21.3 Å². The van der Waals surface area contributed by atoms with E-state index >= 15 is 0 Å². The first-order chi connectivity index (χ1) is 6.72. The van der Waals surface area contributed by atoms with Gasteiger partial charge < -0.3 is 10.1 Å². The molecule has 0 aliphatic carbocycles. The minimum atomic E-state index is -0.232. The molecule has 1 aliphatic heterocycles. The summed E-state index contributed by atoms with van der Waals surface area (Å²) in [5.41, 5.74) is 2.89. The molecular weight excluding hydrogens is 181 g/mol. The third kappa shape index (κ3) is 1.35. The number of benzene rings is 1. The molecule has 0 unspecified atom stereocenters. The van der Waals surface area contributed by atoms with Crippen molar-refractivity contribution in [3.05, 3.63) is 35.3 Å². The van der Waals surface area contributed by atoms with E-state index in [-0.39, 0.29) is 5.82 Å². The Morgan fingerprint density at radius 3 is 2.93 bits per heavy atom. The van der Waals surface area contributed by atoms with Gasteiger partial charge in [0.1, 0.15) is 18.2 Å². The van der Waals surface area contributed by atoms with Crippen LogP contribution in [-0.4, -0.2) is 13.7 Å². The van der Waals surface area contributed by atoms with Crippen molar-refractivity contribution in [2.24, 2.45) is 0 Å². The summed E-state index contributed by atoms with van der Waals surface area (Å²) in [7, 11) is 1.84. The smallest absolute Gasteiger partial charge is 0.128 e. The summed E-state index contributed by atoms with van der Waals surface area (Å²) >= 11 is 0. The molecule has 0 amide bonds. The second kappa shape index (κ2) is 3.33. The first-order valence-electron chi connectivity index (χ1n) is 4.52. The molecule has 2 rings (SSSR count). The number of hydrogen-bond donors (Lipinski definition) is 1. The van der Waals surface area contributed by atoms with E-state index in [1.165, 1.54) is 12.1 Å². The summed E-state index contributed by atoms with van der Waals surface area (Å²) in [6.45, 7) is 2.49. The highest BCUT2D eigenvalue weighted by Gasteiger charge is 2.16. The Morgan fingerprint density at radius 2 is 2.21 bits per heavy atom. The zero-order valence-corrected chi connectivity index (χ0v) is 8.23. The normalized spacial score (nSPS) is 14.8. The van der Waals surface area contributed by atoms with Crippen molar-refractivity contribution in [2.45, 2.75) is 6.92 Å². The number of ether oxygens (including phenoxy) is 1. The summed E-state index contributed by atoms with van der Waals surface area (Å²) < 4.78 is 18.5. The maximum Gasteiger partial charge on any atom is 0.128 e. The first-order valence-corrected chi connectivity index (χ1v) is 4.52. The second-order valence-electron chi connectivity index (χ2n) is 3.28. The molecule has 1 aromatic rings. The second-order valence-corrected chi connectivity index (χ2v) is 3.28. The molecule has 1 N–H and O–H groups in total. The van der Waals surface area contributed by atoms with Crippen LogP contribution in [0.15, 0.2) is 23.9 Å². The van der Waals surface area contributed by atoms with Crippen molar-refractivity contribution in [2.75, 3.05) is 13.7 Å². The van der Waals surface area contributed by atoms with E-state index < -0.39 is 0 Å². The minimum Gasteiger partial charge on any atom is -0.487 e. The van der Waals surface area contributed by atoms with Crippen LogP contribution in [0.2, 0.25) is 0 Å². The lowest BCUT2D eigenvalue weighted by molar-refractivity contribution is 0.337. The average molecular weight is 193 g/mol. The zero-order valence-electron chi connectivity index (χ0n) is 8.23. The third-order valence-corrected chi connectivity index (χ3v) is 2.47. The molecule has 1 aliphatic rings. The Morgan fingerprint density at radius 1 is 1.43 bits per heavy atom. The van der Waals surface area contributed by atoms with Crippen LogP contribution in [0.1, 0.15) is 12.5 Å². The molecule has 0 atom stereocenters. The van der Waals surface area contributed by atoms with Gasteiger partial charge in [0, 0.05) is 12.6 Å². The van der Waals surface area contributed by atoms with E-state index in [4.69, 9.17) is 4.74 Å². The fraction of sp³-hybridized carbons (Fsp3) is 0.273. The van der Waals surface area contributed by atoms with Crippen LogP contribution in [0.4, 0.5) is 4.39 Å². The minimum absolute atomic E-state index is 0.232. The number of nitrogens with one attached hydrogen (secondary N) is 1. The van der Waals surface area contributed by atoms with E-state index in [9.17, 15) is 4.39 Å². The number of hydrogen-bond acceptors (Lipinski definition) is 2. The van der Waals surface area contributed by atoms with Gasteiger partial charge in [0.25, 0.3) is 0 Å². The van der Waals surface area contributed by atoms with E-state index in [1.807, 2.05) is 14.0 Å². The van der Waals surface area contributed by atoms with Crippen molar-refractivity contribution >= 4 is 5.57 Å². The number of fused-ring (bicyclic) bond motifs is 1. The molecule has 3 heteroatoms. The van der Waals surface area contributed by atoms with Gasteiger partial charge in [-0.2, -0.15) is 0 Å². The van der Waals surface area contributed by atoms with E-state index in [0.29, 0.717) is 6.61 Å². The lowest BCUT2D eigenvalue weighted by Crippen LogP contribution is -2.19. The van der Waals surface area contributed by atoms with Crippen LogP contribution in [-0.2, 0) is 0 Å². The van der Waals surface area contributed by atoms with Crippen LogP contribution >= 0.6 is 0 Å². The summed E-state index contributed by atoms with van der Waals surface area (Å²) in [4.78, 5) is 0. The van der Waals surface area contributed by atoms with Gasteiger partial charge in [-0.3, -0.25) is 0 Å². The average Bonchev–Trinajstić information content (AvgIpc) is 2.20. The summed E-state index contributed by atoms with van der Waals surface area (Å²) in [5.74, 6) is 0.520. The number of halogens is 1. The van der Waals surface area contributed by atoms with Crippen LogP contribution in [0.3, 0.4) is 0 Å². The maximum absolute atomic E-state index is 13.0. The maximum atomic E-state index is 13.0. The standard InChI is InChI=1S/C11H12FNO/c1-7-9-5-8(12)3-4-11(9)14-6-10(7)13-2/h3-5,13H,6H2,1-2H3. The Kier molecular flexibility index (Phi) is 2.15. The molecular formula is C11H12FNO. The molecule has 0 spiro atoms. The summed E-state index contributed by atoms with van der Waals surface area (Å²) in [5, 5.41) is 3.05. The molecule has 1 heterocycles. The molecule has 0 saturated carbocycles. The summed E-state index contributed by atoms with van der Waals surface area (Å²) in [6, 6.07) is 4.58. The fourth-order valence-corrected chi connectivity index (χ4v) is 1.60. The van der Waals surface area contributed by atoms with E-state index in [0.717, 1.165) is 22.6 Å². The van der Waals surface area contributed by atoms with Crippen LogP contribution in [0.5, 0.6) is 5.75 Å². The fourth-order valence-electron chi connectivity index (χ4n) is 1.60. The first kappa shape index (κ1) is 9.06. The van der Waals surface area contributed by atoms with Crippen molar-refractivity contribution in [3.63, 3.8) is 0 Å². The van der Waals surface area contributed by atoms with Gasteiger partial charge in [-0.1, -0.05) is 0 Å². The Hall–Kier alpha value is -1.51. The summed E-state index contributed by atoms with van der Waals surface area (Å²) in [6.07, 6.45) is 0. The molecule has 0 fully saturated rings. The molecule has 2 nitrogen and oxygen atoms in total. The molecule has 0 radical (unpaired) electrons. The van der Waals surface area contributed by atoms with E-state index in [2.05, 4.69) is 5.32 Å². The van der Waals surface area contributed by atoms with Crippen LogP contribution in [0.25, 0.3) is 5.57 Å². The van der Waals surface area contributed by atoms with Gasteiger partial charge in [-0.25, -0.2) is 4.39 Å². The van der Waals surface area contributed by atoms with Crippen molar-refractivity contribution < 1.29 is 9.13 Å². The number of rotatable bonds is 1. The quantitative estimate of drug-likeness (QED) is 0.738. The molecule has 74 valence electrons. The highest BCUT2D eigenvalue weighted by Crippen LogP contribution is 2.32. The predicted molar refractivity (Wildman–Crippen MR) is 53.5 cm³/mol. The highest BCUT2D eigenvalue weighted by molar-refractivity contribution is 5.73. The number of allylic oxidation sites excluding steroid dienone is 1. The van der Waals surface area contributed by atoms with Gasteiger partial charge in [0.05, 0.1) is 5.70 Å². The van der Waals surface area contributed by atoms with Gasteiger partial charge in [-0.05, 0) is 30.7 Å². The van der Waals surface area contributed by atoms with Gasteiger partial charge in [-0.15, -0.1) is 0 Å². The molecule has 0 saturated heterocycles. The highest BCUT2D eigenvalue weighted by atomic mass is 19.1. The van der Waals surface area contributed by atoms with Crippen LogP contribution in [0, 0.1) is 5.82 Å². The van der Waals surface area contributed by atoms with Gasteiger partial charge in [0.2, 0.25) is 0 Å². The van der Waals surface area contributed by atoms with Crippen molar-refractivity contribution in [1.29, 1.82) is 0 Å². The third-order valence-electron chi connectivity index (χ3n) is 2.47.